The van der Waals surface area contributed by atoms with E-state index in [2.05, 4.69) is 0 Å². The van der Waals surface area contributed by atoms with Gasteiger partial charge in [0.05, 0.1) is 13.7 Å². The Hall–Kier alpha value is -2.20. The number of benzene rings is 1. The number of methoxy groups -OCH3 is 1. The molecule has 0 fully saturated rings. The van der Waals surface area contributed by atoms with E-state index in [0.29, 0.717) is 16.7 Å². The first-order valence-electron chi connectivity index (χ1n) is 6.32. The van der Waals surface area contributed by atoms with Crippen LogP contribution in [0.3, 0.4) is 0 Å². The summed E-state index contributed by atoms with van der Waals surface area (Å²) in [4.78, 5) is 24.8. The Morgan fingerprint density at radius 3 is 2.35 bits per heavy atom. The van der Waals surface area contributed by atoms with Gasteiger partial charge in [-0.3, -0.25) is 9.59 Å². The normalized spacial score (nSPS) is 15.4. The van der Waals surface area contributed by atoms with Crippen LogP contribution in [0, 0.1) is 0 Å². The second-order valence-corrected chi connectivity index (χ2v) is 4.63. The average Bonchev–Trinajstić information content (AvgIpc) is 2.49. The summed E-state index contributed by atoms with van der Waals surface area (Å²) in [7, 11) is 1.39. The summed E-state index contributed by atoms with van der Waals surface area (Å²) in [6, 6.07) is 6.72. The Bertz CT molecular complexity index is 623. The summed E-state index contributed by atoms with van der Waals surface area (Å²) in [5.41, 5.74) is 1.86. The highest BCUT2D eigenvalue weighted by Gasteiger charge is 2.32. The monoisotopic (exact) mass is 272 g/mol. The standard InChI is InChI=1S/C16H16O4/c1-10(9-17)7-8-13-14(18)11-5-3-4-6-12(11)15(19)16(13)20-2/h3-7,17H,8-9H2,1-2H3/b10-7+. The number of fused-ring (bicyclic) bond motifs is 1. The highest BCUT2D eigenvalue weighted by molar-refractivity contribution is 6.26. The summed E-state index contributed by atoms with van der Waals surface area (Å²) in [6.07, 6.45) is 2.00. The molecule has 0 amide bonds. The lowest BCUT2D eigenvalue weighted by atomic mass is 9.86. The van der Waals surface area contributed by atoms with Gasteiger partial charge >= 0.3 is 0 Å². The van der Waals surface area contributed by atoms with Crippen molar-refractivity contribution >= 4 is 11.6 Å². The Morgan fingerprint density at radius 2 is 1.80 bits per heavy atom. The van der Waals surface area contributed by atoms with E-state index in [1.807, 2.05) is 0 Å². The zero-order valence-electron chi connectivity index (χ0n) is 11.5. The smallest absolute Gasteiger partial charge is 0.228 e. The van der Waals surface area contributed by atoms with Crippen LogP contribution < -0.4 is 0 Å². The fourth-order valence-corrected chi connectivity index (χ4v) is 2.15. The van der Waals surface area contributed by atoms with Crippen molar-refractivity contribution in [2.75, 3.05) is 13.7 Å². The summed E-state index contributed by atoms with van der Waals surface area (Å²) < 4.78 is 5.13. The molecule has 0 bridgehead atoms. The van der Waals surface area contributed by atoms with Gasteiger partial charge in [-0.15, -0.1) is 0 Å². The van der Waals surface area contributed by atoms with Crippen molar-refractivity contribution in [1.82, 2.24) is 0 Å². The van der Waals surface area contributed by atoms with E-state index < -0.39 is 0 Å². The van der Waals surface area contributed by atoms with Crippen molar-refractivity contribution in [2.24, 2.45) is 0 Å². The van der Waals surface area contributed by atoms with Crippen LogP contribution in [-0.4, -0.2) is 30.4 Å². The lowest BCUT2D eigenvalue weighted by Gasteiger charge is -2.19. The number of hydrogen-bond donors (Lipinski definition) is 1. The molecule has 1 aliphatic rings. The van der Waals surface area contributed by atoms with E-state index in [0.717, 1.165) is 5.57 Å². The van der Waals surface area contributed by atoms with E-state index in [4.69, 9.17) is 9.84 Å². The van der Waals surface area contributed by atoms with Crippen LogP contribution in [0.1, 0.15) is 34.1 Å². The molecular weight excluding hydrogens is 256 g/mol. The van der Waals surface area contributed by atoms with Gasteiger partial charge in [0.2, 0.25) is 5.78 Å². The number of allylic oxidation sites excluding steroid dienone is 3. The zero-order chi connectivity index (χ0) is 14.7. The van der Waals surface area contributed by atoms with Gasteiger partial charge in [0.1, 0.15) is 0 Å². The van der Waals surface area contributed by atoms with E-state index in [1.54, 1.807) is 37.3 Å². The van der Waals surface area contributed by atoms with Gasteiger partial charge in [0.25, 0.3) is 0 Å². The fraction of sp³-hybridized carbons (Fsp3) is 0.250. The third-order valence-electron chi connectivity index (χ3n) is 3.28. The molecule has 0 aliphatic heterocycles. The lowest BCUT2D eigenvalue weighted by molar-refractivity contribution is 0.0904. The van der Waals surface area contributed by atoms with Crippen LogP contribution in [-0.2, 0) is 4.74 Å². The molecule has 4 heteroatoms. The Morgan fingerprint density at radius 1 is 1.20 bits per heavy atom. The molecule has 0 heterocycles. The highest BCUT2D eigenvalue weighted by Crippen LogP contribution is 2.28. The van der Waals surface area contributed by atoms with Crippen molar-refractivity contribution in [1.29, 1.82) is 0 Å². The molecule has 0 unspecified atom stereocenters. The molecule has 1 N–H and O–H groups in total. The second-order valence-electron chi connectivity index (χ2n) is 4.63. The Balaban J connectivity index is 2.48. The highest BCUT2D eigenvalue weighted by atomic mass is 16.5. The number of aliphatic hydroxyl groups is 1. The number of carbonyl (C=O) groups is 2. The second kappa shape index (κ2) is 5.84. The number of carbonyl (C=O) groups excluding carboxylic acids is 2. The van der Waals surface area contributed by atoms with E-state index >= 15 is 0 Å². The average molecular weight is 272 g/mol. The first-order chi connectivity index (χ1) is 9.60. The van der Waals surface area contributed by atoms with Crippen LogP contribution in [0.2, 0.25) is 0 Å². The Labute approximate surface area is 117 Å². The molecule has 2 rings (SSSR count). The molecule has 20 heavy (non-hydrogen) atoms. The van der Waals surface area contributed by atoms with Gasteiger partial charge in [-0.2, -0.15) is 0 Å². The predicted octanol–water partition coefficient (Wildman–Crippen LogP) is 2.29. The van der Waals surface area contributed by atoms with Crippen LogP contribution in [0.15, 0.2) is 47.2 Å². The summed E-state index contributed by atoms with van der Waals surface area (Å²) in [5, 5.41) is 9.00. The minimum atomic E-state index is -0.271. The number of ether oxygens (including phenoxy) is 1. The van der Waals surface area contributed by atoms with Crippen molar-refractivity contribution in [3.05, 3.63) is 58.4 Å². The zero-order valence-corrected chi connectivity index (χ0v) is 11.5. The van der Waals surface area contributed by atoms with Crippen LogP contribution >= 0.6 is 0 Å². The topological polar surface area (TPSA) is 63.6 Å². The molecule has 1 aromatic carbocycles. The van der Waals surface area contributed by atoms with Gasteiger partial charge in [-0.1, -0.05) is 35.9 Å². The molecule has 4 nitrogen and oxygen atoms in total. The van der Waals surface area contributed by atoms with Gasteiger partial charge in [-0.05, 0) is 13.3 Å². The first kappa shape index (κ1) is 14.2. The predicted molar refractivity (Wildman–Crippen MR) is 74.6 cm³/mol. The van der Waals surface area contributed by atoms with Crippen molar-refractivity contribution in [3.8, 4) is 0 Å². The molecule has 0 atom stereocenters. The van der Waals surface area contributed by atoms with Crippen molar-refractivity contribution in [3.63, 3.8) is 0 Å². The molecule has 0 saturated carbocycles. The number of aliphatic hydroxyl groups excluding tert-OH is 1. The first-order valence-corrected chi connectivity index (χ1v) is 6.32. The van der Waals surface area contributed by atoms with Crippen LogP contribution in [0.4, 0.5) is 0 Å². The quantitative estimate of drug-likeness (QED) is 0.854. The largest absolute Gasteiger partial charge is 0.492 e. The van der Waals surface area contributed by atoms with Gasteiger partial charge < -0.3 is 9.84 Å². The molecule has 0 aromatic heterocycles. The number of rotatable bonds is 4. The molecule has 0 radical (unpaired) electrons. The number of Topliss-reactive ketones (excluding diaryl/α,β-unsaturated/α-hetero) is 2. The molecule has 1 aliphatic carbocycles. The number of hydrogen-bond acceptors (Lipinski definition) is 4. The van der Waals surface area contributed by atoms with Gasteiger partial charge in [-0.25, -0.2) is 0 Å². The van der Waals surface area contributed by atoms with Gasteiger partial charge in [0.15, 0.2) is 11.5 Å². The number of ketones is 2. The van der Waals surface area contributed by atoms with Gasteiger partial charge in [0, 0.05) is 16.7 Å². The molecule has 1 aromatic rings. The molecule has 0 spiro atoms. The van der Waals surface area contributed by atoms with Crippen LogP contribution in [0.25, 0.3) is 0 Å². The fourth-order valence-electron chi connectivity index (χ4n) is 2.15. The molecular formula is C16H16O4. The van der Waals surface area contributed by atoms with Crippen molar-refractivity contribution < 1.29 is 19.4 Å². The third-order valence-corrected chi connectivity index (χ3v) is 3.28. The maximum atomic E-state index is 12.5. The summed E-state index contributed by atoms with van der Waals surface area (Å²) in [5.74, 6) is -0.373. The van der Waals surface area contributed by atoms with Crippen LogP contribution in [0.5, 0.6) is 0 Å². The molecule has 104 valence electrons. The van der Waals surface area contributed by atoms with Crippen molar-refractivity contribution in [2.45, 2.75) is 13.3 Å². The summed E-state index contributed by atoms with van der Waals surface area (Å²) in [6.45, 7) is 1.68. The van der Waals surface area contributed by atoms with E-state index in [9.17, 15) is 9.59 Å². The third kappa shape index (κ3) is 2.42. The maximum Gasteiger partial charge on any atom is 0.228 e. The molecule has 0 saturated heterocycles. The van der Waals surface area contributed by atoms with E-state index in [1.165, 1.54) is 7.11 Å². The minimum Gasteiger partial charge on any atom is -0.492 e. The van der Waals surface area contributed by atoms with E-state index in [-0.39, 0.29) is 30.4 Å². The maximum absolute atomic E-state index is 12.5. The minimum absolute atomic E-state index is 0.0751. The lowest BCUT2D eigenvalue weighted by Crippen LogP contribution is -2.22. The Kier molecular flexibility index (Phi) is 4.15. The summed E-state index contributed by atoms with van der Waals surface area (Å²) >= 11 is 0. The SMILES string of the molecule is COC1=C(C/C=C(\C)CO)C(=O)c2ccccc2C1=O.